The molecule has 2 aromatic rings. The Kier molecular flexibility index (Phi) is 8.71. The van der Waals surface area contributed by atoms with Crippen molar-refractivity contribution in [2.45, 2.75) is 19.2 Å². The maximum atomic E-state index is 12.6. The van der Waals surface area contributed by atoms with Crippen LogP contribution in [0.25, 0.3) is 0 Å². The molecular weight excluding hydrogens is 509 g/mol. The zero-order chi connectivity index (χ0) is 20.0. The van der Waals surface area contributed by atoms with Gasteiger partial charge in [0.25, 0.3) is 0 Å². The molecule has 29 heavy (non-hydrogen) atoms. The van der Waals surface area contributed by atoms with Gasteiger partial charge in [-0.15, -0.1) is 24.0 Å². The zero-order valence-corrected chi connectivity index (χ0v) is 19.3. The molecule has 0 bridgehead atoms. The van der Waals surface area contributed by atoms with Gasteiger partial charge in [0.05, 0.1) is 12.2 Å². The number of hydrogen-bond acceptors (Lipinski definition) is 6. The Bertz CT molecular complexity index is 879. The molecule has 1 saturated heterocycles. The molecule has 0 saturated carbocycles. The SMILES string of the molecule is CCNC(=NCc1ccc(O)cc1)N1CCN(S(=O)(=O)Cc2ccon2)CC1.I. The second-order valence-corrected chi connectivity index (χ2v) is 8.44. The van der Waals surface area contributed by atoms with Gasteiger partial charge in [0.15, 0.2) is 5.96 Å². The minimum atomic E-state index is -3.43. The molecule has 2 heterocycles. The van der Waals surface area contributed by atoms with Gasteiger partial charge < -0.3 is 19.8 Å². The molecule has 1 aromatic carbocycles. The van der Waals surface area contributed by atoms with Gasteiger partial charge in [0.1, 0.15) is 17.8 Å². The van der Waals surface area contributed by atoms with Gasteiger partial charge >= 0.3 is 0 Å². The summed E-state index contributed by atoms with van der Waals surface area (Å²) < 4.78 is 31.3. The quantitative estimate of drug-likeness (QED) is 0.329. The van der Waals surface area contributed by atoms with Gasteiger partial charge in [-0.1, -0.05) is 17.3 Å². The number of sulfonamides is 1. The van der Waals surface area contributed by atoms with E-state index in [0.717, 1.165) is 18.1 Å². The van der Waals surface area contributed by atoms with E-state index in [2.05, 4.69) is 20.4 Å². The lowest BCUT2D eigenvalue weighted by molar-refractivity contribution is 0.259. The average Bonchev–Trinajstić information content (AvgIpc) is 3.19. The summed E-state index contributed by atoms with van der Waals surface area (Å²) >= 11 is 0. The third-order valence-corrected chi connectivity index (χ3v) is 6.25. The van der Waals surface area contributed by atoms with Gasteiger partial charge in [-0.25, -0.2) is 13.4 Å². The summed E-state index contributed by atoms with van der Waals surface area (Å²) in [4.78, 5) is 6.71. The van der Waals surface area contributed by atoms with Gasteiger partial charge in [0, 0.05) is 38.8 Å². The summed E-state index contributed by atoms with van der Waals surface area (Å²) in [7, 11) is -3.43. The molecule has 9 nitrogen and oxygen atoms in total. The van der Waals surface area contributed by atoms with Crippen molar-refractivity contribution in [3.63, 3.8) is 0 Å². The molecule has 0 atom stereocenters. The third-order valence-electron chi connectivity index (χ3n) is 4.44. The standard InChI is InChI=1S/C18H25N5O4S.HI/c1-2-19-18(20-13-15-3-5-17(24)6-4-15)22-8-10-23(11-9-22)28(25,26)14-16-7-12-27-21-16;/h3-7,12,24H,2,8-11,13-14H2,1H3,(H,19,20);1H. The third kappa shape index (κ3) is 6.57. The van der Waals surface area contributed by atoms with Crippen LogP contribution in [0.1, 0.15) is 18.2 Å². The van der Waals surface area contributed by atoms with Crippen molar-refractivity contribution >= 4 is 40.0 Å². The number of aliphatic imine (C=N–C) groups is 1. The Morgan fingerprint density at radius 2 is 1.90 bits per heavy atom. The number of guanidine groups is 1. The lowest BCUT2D eigenvalue weighted by Crippen LogP contribution is -2.53. The van der Waals surface area contributed by atoms with Crippen LogP contribution in [0, 0.1) is 0 Å². The Labute approximate surface area is 187 Å². The van der Waals surface area contributed by atoms with Gasteiger partial charge in [-0.3, -0.25) is 0 Å². The number of piperazine rings is 1. The van der Waals surface area contributed by atoms with Crippen LogP contribution in [-0.2, 0) is 22.3 Å². The van der Waals surface area contributed by atoms with Crippen LogP contribution >= 0.6 is 24.0 Å². The highest BCUT2D eigenvalue weighted by Gasteiger charge is 2.28. The fraction of sp³-hybridized carbons (Fsp3) is 0.444. The minimum absolute atomic E-state index is 0. The van der Waals surface area contributed by atoms with E-state index in [9.17, 15) is 13.5 Å². The van der Waals surface area contributed by atoms with E-state index in [1.165, 1.54) is 10.6 Å². The molecule has 0 radical (unpaired) electrons. The molecule has 3 rings (SSSR count). The molecule has 1 aliphatic heterocycles. The number of phenols is 1. The Morgan fingerprint density at radius 3 is 2.48 bits per heavy atom. The highest BCUT2D eigenvalue weighted by Crippen LogP contribution is 2.14. The van der Waals surface area contributed by atoms with E-state index in [0.29, 0.717) is 38.4 Å². The lowest BCUT2D eigenvalue weighted by Gasteiger charge is -2.35. The first-order valence-electron chi connectivity index (χ1n) is 9.16. The predicted molar refractivity (Wildman–Crippen MR) is 121 cm³/mol. The number of halogens is 1. The Balaban J connectivity index is 0.00000300. The number of aromatic nitrogens is 1. The van der Waals surface area contributed by atoms with Crippen molar-refractivity contribution in [2.24, 2.45) is 4.99 Å². The molecule has 0 spiro atoms. The van der Waals surface area contributed by atoms with Gasteiger partial charge in [-0.2, -0.15) is 4.31 Å². The van der Waals surface area contributed by atoms with Crippen molar-refractivity contribution in [3.8, 4) is 5.75 Å². The minimum Gasteiger partial charge on any atom is -0.508 e. The number of hydrogen-bond donors (Lipinski definition) is 2. The summed E-state index contributed by atoms with van der Waals surface area (Å²) in [6, 6.07) is 8.49. The molecule has 2 N–H and O–H groups in total. The van der Waals surface area contributed by atoms with Crippen molar-refractivity contribution in [1.82, 2.24) is 19.7 Å². The fourth-order valence-electron chi connectivity index (χ4n) is 2.96. The van der Waals surface area contributed by atoms with E-state index in [1.54, 1.807) is 18.2 Å². The van der Waals surface area contributed by atoms with Crippen LogP contribution in [-0.4, -0.2) is 66.6 Å². The number of phenolic OH excluding ortho intramolecular Hbond substituents is 1. The zero-order valence-electron chi connectivity index (χ0n) is 16.2. The summed E-state index contributed by atoms with van der Waals surface area (Å²) in [6.45, 7) is 5.09. The van der Waals surface area contributed by atoms with Crippen molar-refractivity contribution < 1.29 is 18.0 Å². The first kappa shape index (κ1) is 23.4. The molecule has 0 unspecified atom stereocenters. The molecule has 1 aliphatic rings. The van der Waals surface area contributed by atoms with E-state index in [-0.39, 0.29) is 35.5 Å². The van der Waals surface area contributed by atoms with Crippen LogP contribution < -0.4 is 5.32 Å². The van der Waals surface area contributed by atoms with E-state index in [1.807, 2.05) is 19.1 Å². The normalized spacial score (nSPS) is 15.8. The fourth-order valence-corrected chi connectivity index (χ4v) is 4.39. The average molecular weight is 535 g/mol. The summed E-state index contributed by atoms with van der Waals surface area (Å²) in [5.74, 6) is 0.824. The van der Waals surface area contributed by atoms with Gasteiger partial charge in [-0.05, 0) is 24.6 Å². The maximum absolute atomic E-state index is 12.6. The van der Waals surface area contributed by atoms with Crippen molar-refractivity contribution in [3.05, 3.63) is 47.9 Å². The molecule has 11 heteroatoms. The van der Waals surface area contributed by atoms with Gasteiger partial charge in [0.2, 0.25) is 10.0 Å². The van der Waals surface area contributed by atoms with Crippen LogP contribution in [0.15, 0.2) is 46.1 Å². The highest BCUT2D eigenvalue weighted by atomic mass is 127. The molecule has 1 fully saturated rings. The van der Waals surface area contributed by atoms with Crippen LogP contribution in [0.3, 0.4) is 0 Å². The molecule has 1 aromatic heterocycles. The molecule has 0 aliphatic carbocycles. The maximum Gasteiger partial charge on any atom is 0.220 e. The van der Waals surface area contributed by atoms with E-state index < -0.39 is 10.0 Å². The molecule has 0 amide bonds. The number of nitrogens with one attached hydrogen (secondary N) is 1. The second-order valence-electron chi connectivity index (χ2n) is 6.47. The number of rotatable bonds is 6. The first-order valence-corrected chi connectivity index (χ1v) is 10.8. The lowest BCUT2D eigenvalue weighted by atomic mass is 10.2. The van der Waals surface area contributed by atoms with Crippen molar-refractivity contribution in [2.75, 3.05) is 32.7 Å². The predicted octanol–water partition coefficient (Wildman–Crippen LogP) is 1.61. The summed E-state index contributed by atoms with van der Waals surface area (Å²) in [5, 5.41) is 16.3. The number of aromatic hydroxyl groups is 1. The Hall–Kier alpha value is -1.86. The molecule has 160 valence electrons. The van der Waals surface area contributed by atoms with Crippen molar-refractivity contribution in [1.29, 1.82) is 0 Å². The van der Waals surface area contributed by atoms with E-state index >= 15 is 0 Å². The second kappa shape index (κ2) is 10.8. The Morgan fingerprint density at radius 1 is 1.21 bits per heavy atom. The number of benzene rings is 1. The summed E-state index contributed by atoms with van der Waals surface area (Å²) in [6.07, 6.45) is 1.37. The summed E-state index contributed by atoms with van der Waals surface area (Å²) in [5.41, 5.74) is 1.40. The van der Waals surface area contributed by atoms with Crippen LogP contribution in [0.4, 0.5) is 0 Å². The smallest absolute Gasteiger partial charge is 0.220 e. The highest BCUT2D eigenvalue weighted by molar-refractivity contribution is 14.0. The largest absolute Gasteiger partial charge is 0.508 e. The number of nitrogens with zero attached hydrogens (tertiary/aromatic N) is 4. The first-order chi connectivity index (χ1) is 13.5. The van der Waals surface area contributed by atoms with E-state index in [4.69, 9.17) is 4.52 Å². The van der Waals surface area contributed by atoms with Crippen LogP contribution in [0.2, 0.25) is 0 Å². The topological polar surface area (TPSA) is 111 Å². The van der Waals surface area contributed by atoms with Crippen LogP contribution in [0.5, 0.6) is 5.75 Å². The monoisotopic (exact) mass is 535 g/mol. The molecular formula is C18H26IN5O4S.